The topological polar surface area (TPSA) is 64.5 Å². The van der Waals surface area contributed by atoms with Gasteiger partial charge in [0.1, 0.15) is 11.7 Å². The first-order chi connectivity index (χ1) is 16.9. The minimum absolute atomic E-state index is 0.248. The summed E-state index contributed by atoms with van der Waals surface area (Å²) in [5.41, 5.74) is 0.615. The van der Waals surface area contributed by atoms with Crippen LogP contribution in [0.5, 0.6) is 5.75 Å². The van der Waals surface area contributed by atoms with Gasteiger partial charge in [0.15, 0.2) is 11.6 Å². The van der Waals surface area contributed by atoms with Gasteiger partial charge in [-0.1, -0.05) is 32.3 Å². The molecule has 2 fully saturated rings. The lowest BCUT2D eigenvalue weighted by Gasteiger charge is -2.35. The van der Waals surface area contributed by atoms with Crippen LogP contribution in [0.3, 0.4) is 0 Å². The van der Waals surface area contributed by atoms with Crippen molar-refractivity contribution >= 4 is 17.5 Å². The Morgan fingerprint density at radius 1 is 1.14 bits per heavy atom. The number of rotatable bonds is 7. The quantitative estimate of drug-likeness (QED) is 0.314. The average Bonchev–Trinajstić information content (AvgIpc) is 3.09. The normalized spacial score (nSPS) is 19.2. The molecular weight excluding hydrogens is 443 g/mol. The lowest BCUT2D eigenvalue weighted by molar-refractivity contribution is 0.191. The first-order valence-electron chi connectivity index (χ1n) is 13.1. The van der Waals surface area contributed by atoms with Crippen LogP contribution in [0.4, 0.5) is 10.1 Å². The molecule has 0 amide bonds. The van der Waals surface area contributed by atoms with Crippen molar-refractivity contribution in [3.8, 4) is 5.75 Å². The van der Waals surface area contributed by atoms with Gasteiger partial charge in [-0.2, -0.15) is 4.99 Å². The lowest BCUT2D eigenvalue weighted by Crippen LogP contribution is -2.44. The Labute approximate surface area is 210 Å². The Morgan fingerprint density at radius 3 is 2.46 bits per heavy atom. The number of guanidine groups is 1. The number of nitrogens with zero attached hydrogens (tertiary/aromatic N) is 4. The Balaban J connectivity index is 1.76. The van der Waals surface area contributed by atoms with Gasteiger partial charge in [0.25, 0.3) is 0 Å². The molecule has 1 aromatic carbocycles. The van der Waals surface area contributed by atoms with Crippen molar-refractivity contribution in [2.24, 2.45) is 9.98 Å². The second kappa shape index (κ2) is 13.5. The third-order valence-corrected chi connectivity index (χ3v) is 6.84. The summed E-state index contributed by atoms with van der Waals surface area (Å²) in [6, 6.07) is 5.62. The molecule has 1 saturated carbocycles. The van der Waals surface area contributed by atoms with Gasteiger partial charge in [-0.25, -0.2) is 9.38 Å². The van der Waals surface area contributed by atoms with Crippen LogP contribution in [-0.2, 0) is 0 Å². The van der Waals surface area contributed by atoms with E-state index in [4.69, 9.17) is 14.7 Å². The summed E-state index contributed by atoms with van der Waals surface area (Å²) in [7, 11) is 4.22. The molecule has 35 heavy (non-hydrogen) atoms. The minimum Gasteiger partial charge on any atom is -0.491 e. The molecule has 1 heterocycles. The molecule has 0 atom stereocenters. The number of piperidine rings is 1. The fraction of sp³-hybridized carbons (Fsp3) is 0.630. The van der Waals surface area contributed by atoms with E-state index in [1.807, 2.05) is 13.8 Å². The van der Waals surface area contributed by atoms with Crippen molar-refractivity contribution < 1.29 is 9.13 Å². The van der Waals surface area contributed by atoms with Gasteiger partial charge >= 0.3 is 0 Å². The number of nitrogens with one attached hydrogen (secondary N) is 2. The molecule has 0 radical (unpaired) electrons. The first-order valence-corrected chi connectivity index (χ1v) is 13.1. The Kier molecular flexibility index (Phi) is 10.4. The van der Waals surface area contributed by atoms with Gasteiger partial charge in [-0.3, -0.25) is 0 Å². The van der Waals surface area contributed by atoms with Gasteiger partial charge in [-0.15, -0.1) is 0 Å². The molecule has 2 aliphatic rings. The Morgan fingerprint density at radius 2 is 1.83 bits per heavy atom. The number of hydrogen-bond acceptors (Lipinski definition) is 4. The Bertz CT molecular complexity index is 886. The fourth-order valence-electron chi connectivity index (χ4n) is 4.78. The van der Waals surface area contributed by atoms with Gasteiger partial charge < -0.3 is 25.2 Å². The van der Waals surface area contributed by atoms with E-state index in [1.54, 1.807) is 12.1 Å². The van der Waals surface area contributed by atoms with Crippen LogP contribution >= 0.6 is 0 Å². The van der Waals surface area contributed by atoms with Crippen molar-refractivity contribution in [1.29, 1.82) is 0 Å². The summed E-state index contributed by atoms with van der Waals surface area (Å²) >= 11 is 0. The largest absolute Gasteiger partial charge is 0.491 e. The van der Waals surface area contributed by atoms with Crippen molar-refractivity contribution in [2.75, 3.05) is 39.1 Å². The molecular formula is C27H43FN6O. The van der Waals surface area contributed by atoms with Gasteiger partial charge in [-0.05, 0) is 71.8 Å². The number of ether oxygens (including phenoxy) is 1. The predicted molar refractivity (Wildman–Crippen MR) is 144 cm³/mol. The van der Waals surface area contributed by atoms with Crippen molar-refractivity contribution in [1.82, 2.24) is 15.1 Å². The molecule has 2 N–H and O–H groups in total. The number of hydrogen-bond donors (Lipinski definition) is 2. The second-order valence-corrected chi connectivity index (χ2v) is 9.74. The number of anilines is 1. The average molecular weight is 487 g/mol. The SMILES string of the molecule is C=C(/N=C(\N=C(/C)Nc1ccc(OCC)c(F)c1)N(C)C1CCN(C)CC1)NC1CCCCCC1. The highest BCUT2D eigenvalue weighted by Gasteiger charge is 2.23. The zero-order valence-corrected chi connectivity index (χ0v) is 21.9. The van der Waals surface area contributed by atoms with E-state index in [0.717, 1.165) is 38.8 Å². The maximum absolute atomic E-state index is 14.3. The molecule has 1 aromatic rings. The summed E-state index contributed by atoms with van der Waals surface area (Å²) in [5.74, 6) is 1.74. The molecule has 1 saturated heterocycles. The van der Waals surface area contributed by atoms with E-state index in [9.17, 15) is 4.39 Å². The van der Waals surface area contributed by atoms with E-state index in [2.05, 4.69) is 41.1 Å². The monoisotopic (exact) mass is 486 g/mol. The maximum atomic E-state index is 14.3. The molecule has 1 aliphatic carbocycles. The number of aliphatic imine (C=N–C) groups is 2. The second-order valence-electron chi connectivity index (χ2n) is 9.74. The molecule has 1 aliphatic heterocycles. The number of amidine groups is 1. The highest BCUT2D eigenvalue weighted by atomic mass is 19.1. The van der Waals surface area contributed by atoms with E-state index >= 15 is 0 Å². The van der Waals surface area contributed by atoms with E-state index < -0.39 is 5.82 Å². The molecule has 7 nitrogen and oxygen atoms in total. The van der Waals surface area contributed by atoms with Gasteiger partial charge in [0.2, 0.25) is 5.96 Å². The zero-order chi connectivity index (χ0) is 25.2. The van der Waals surface area contributed by atoms with Crippen LogP contribution in [0.1, 0.15) is 65.2 Å². The molecule has 0 bridgehead atoms. The summed E-state index contributed by atoms with van der Waals surface area (Å²) in [6.45, 7) is 10.4. The Hall–Kier alpha value is -2.61. The van der Waals surface area contributed by atoms with Gasteiger partial charge in [0, 0.05) is 30.9 Å². The standard InChI is InChI=1S/C27H43FN6O/c1-6-35-26-14-13-23(19-25(26)28)30-21(3)32-27(34(5)24-15-17-33(4)18-16-24)31-20(2)29-22-11-9-7-8-10-12-22/h13-14,19,22,24,29H,2,6-12,15-18H2,1,3-5H3,(H,30,31,32). The molecule has 3 rings (SSSR count). The van der Waals surface area contributed by atoms with Crippen LogP contribution in [0.2, 0.25) is 0 Å². The highest BCUT2D eigenvalue weighted by Crippen LogP contribution is 2.22. The minimum atomic E-state index is -0.400. The summed E-state index contributed by atoms with van der Waals surface area (Å²) in [5, 5.41) is 6.73. The van der Waals surface area contributed by atoms with Crippen molar-refractivity contribution in [3.05, 3.63) is 36.4 Å². The predicted octanol–water partition coefficient (Wildman–Crippen LogP) is 5.22. The summed E-state index contributed by atoms with van der Waals surface area (Å²) < 4.78 is 19.6. The molecule has 0 aromatic heterocycles. The van der Waals surface area contributed by atoms with Gasteiger partial charge in [0.05, 0.1) is 6.61 Å². The summed E-state index contributed by atoms with van der Waals surface area (Å²) in [4.78, 5) is 14.2. The number of likely N-dealkylation sites (tertiary alicyclic amines) is 1. The third kappa shape index (κ3) is 8.53. The van der Waals surface area contributed by atoms with Crippen LogP contribution in [-0.4, -0.2) is 67.5 Å². The summed E-state index contributed by atoms with van der Waals surface area (Å²) in [6.07, 6.45) is 9.53. The van der Waals surface area contributed by atoms with E-state index in [0.29, 0.717) is 42.0 Å². The molecule has 0 unspecified atom stereocenters. The van der Waals surface area contributed by atoms with Crippen LogP contribution in [0, 0.1) is 5.82 Å². The van der Waals surface area contributed by atoms with Crippen LogP contribution in [0.25, 0.3) is 0 Å². The number of halogens is 1. The van der Waals surface area contributed by atoms with E-state index in [1.165, 1.54) is 31.7 Å². The lowest BCUT2D eigenvalue weighted by atomic mass is 10.0. The molecule has 194 valence electrons. The van der Waals surface area contributed by atoms with Crippen LogP contribution < -0.4 is 15.4 Å². The molecule has 0 spiro atoms. The van der Waals surface area contributed by atoms with Crippen LogP contribution in [0.15, 0.2) is 40.6 Å². The highest BCUT2D eigenvalue weighted by molar-refractivity contribution is 6.02. The maximum Gasteiger partial charge on any atom is 0.228 e. The zero-order valence-electron chi connectivity index (χ0n) is 21.9. The molecule has 8 heteroatoms. The smallest absolute Gasteiger partial charge is 0.228 e. The van der Waals surface area contributed by atoms with Crippen molar-refractivity contribution in [2.45, 2.75) is 77.3 Å². The number of benzene rings is 1. The van der Waals surface area contributed by atoms with E-state index in [-0.39, 0.29) is 5.75 Å². The van der Waals surface area contributed by atoms with Crippen molar-refractivity contribution in [3.63, 3.8) is 0 Å². The fourth-order valence-corrected chi connectivity index (χ4v) is 4.78. The third-order valence-electron chi connectivity index (χ3n) is 6.84. The first kappa shape index (κ1) is 27.0.